The summed E-state index contributed by atoms with van der Waals surface area (Å²) < 4.78 is 9.06. The Morgan fingerprint density at radius 1 is 1.11 bits per heavy atom. The molecule has 0 spiro atoms. The van der Waals surface area contributed by atoms with Crippen molar-refractivity contribution in [1.29, 1.82) is 0 Å². The largest absolute Gasteiger partial charge is 0.361 e. The monoisotopic (exact) mass is 383 g/mol. The zero-order valence-electron chi connectivity index (χ0n) is 15.8. The van der Waals surface area contributed by atoms with Crippen LogP contribution in [0.5, 0.6) is 0 Å². The predicted octanol–water partition coefficient (Wildman–Crippen LogP) is 4.95. The van der Waals surface area contributed by atoms with E-state index in [-0.39, 0.29) is 0 Å². The molecule has 0 bridgehead atoms. The number of nitrogens with one attached hydrogen (secondary N) is 3. The summed E-state index contributed by atoms with van der Waals surface area (Å²) in [4.78, 5) is 9.45. The van der Waals surface area contributed by atoms with Crippen molar-refractivity contribution in [3.05, 3.63) is 23.6 Å². The van der Waals surface area contributed by atoms with E-state index in [2.05, 4.69) is 32.3 Å². The number of anilines is 1. The summed E-state index contributed by atoms with van der Waals surface area (Å²) in [5.41, 5.74) is 5.18. The molecule has 2 aliphatic rings. The van der Waals surface area contributed by atoms with E-state index in [1.165, 1.54) is 38.5 Å². The second-order valence-corrected chi connectivity index (χ2v) is 8.65. The van der Waals surface area contributed by atoms with Crippen molar-refractivity contribution in [1.82, 2.24) is 19.8 Å². The Bertz CT molecular complexity index is 949. The maximum absolute atomic E-state index is 5.40. The van der Waals surface area contributed by atoms with Gasteiger partial charge < -0.3 is 14.8 Å². The highest BCUT2D eigenvalue weighted by Crippen LogP contribution is 2.36. The zero-order valence-corrected chi connectivity index (χ0v) is 16.6. The fraction of sp³-hybridized carbons (Fsp3) is 0.500. The molecule has 3 aromatic rings. The Labute approximate surface area is 163 Å². The molecular formula is C20H25N5OS. The maximum atomic E-state index is 5.40. The average molecular weight is 384 g/mol. The third-order valence-corrected chi connectivity index (χ3v) is 6.46. The number of hydrogen-bond acceptors (Lipinski definition) is 6. The van der Waals surface area contributed by atoms with Gasteiger partial charge in [-0.2, -0.15) is 0 Å². The average Bonchev–Trinajstić information content (AvgIpc) is 3.04. The van der Waals surface area contributed by atoms with E-state index in [4.69, 9.17) is 9.51 Å². The van der Waals surface area contributed by atoms with Gasteiger partial charge in [-0.1, -0.05) is 18.0 Å². The van der Waals surface area contributed by atoms with Gasteiger partial charge in [-0.15, -0.1) is 0 Å². The Morgan fingerprint density at radius 3 is 2.63 bits per heavy atom. The van der Waals surface area contributed by atoms with Crippen LogP contribution in [-0.2, 0) is 0 Å². The van der Waals surface area contributed by atoms with E-state index in [9.17, 15) is 0 Å². The van der Waals surface area contributed by atoms with Gasteiger partial charge in [0.1, 0.15) is 11.3 Å². The van der Waals surface area contributed by atoms with Gasteiger partial charge in [0.15, 0.2) is 0 Å². The van der Waals surface area contributed by atoms with Gasteiger partial charge in [-0.05, 0) is 69.2 Å². The molecule has 5 rings (SSSR count). The van der Waals surface area contributed by atoms with Gasteiger partial charge in [0.05, 0.1) is 16.1 Å². The van der Waals surface area contributed by atoms with Crippen LogP contribution in [0.3, 0.4) is 0 Å². The topological polar surface area (TPSA) is 78.8 Å². The molecule has 2 aromatic heterocycles. The first-order valence-electron chi connectivity index (χ1n) is 9.83. The van der Waals surface area contributed by atoms with E-state index >= 15 is 0 Å². The Morgan fingerprint density at radius 2 is 1.93 bits per heavy atom. The molecule has 0 radical (unpaired) electrons. The SMILES string of the molecule is Cc1noc(C)c1-c1cc(SNC2CCCC2)c2nc(NC3CC3)[nH]c2c1. The summed E-state index contributed by atoms with van der Waals surface area (Å²) in [6.07, 6.45) is 7.62. The fourth-order valence-corrected chi connectivity index (χ4v) is 4.85. The van der Waals surface area contributed by atoms with Crippen molar-refractivity contribution in [2.24, 2.45) is 0 Å². The summed E-state index contributed by atoms with van der Waals surface area (Å²) in [5.74, 6) is 1.72. The molecule has 0 saturated heterocycles. The molecule has 2 heterocycles. The van der Waals surface area contributed by atoms with Crippen molar-refractivity contribution < 1.29 is 4.52 Å². The lowest BCUT2D eigenvalue weighted by atomic mass is 10.0. The van der Waals surface area contributed by atoms with Crippen LogP contribution in [0.15, 0.2) is 21.6 Å². The number of aromatic nitrogens is 3. The molecule has 1 aromatic carbocycles. The molecule has 7 heteroatoms. The van der Waals surface area contributed by atoms with Crippen LogP contribution >= 0.6 is 11.9 Å². The van der Waals surface area contributed by atoms with Crippen LogP contribution in [0.25, 0.3) is 22.2 Å². The van der Waals surface area contributed by atoms with Crippen molar-refractivity contribution in [3.8, 4) is 11.1 Å². The Hall–Kier alpha value is -1.99. The fourth-order valence-electron chi connectivity index (χ4n) is 3.88. The van der Waals surface area contributed by atoms with Crippen LogP contribution < -0.4 is 10.0 Å². The van der Waals surface area contributed by atoms with E-state index in [1.54, 1.807) is 11.9 Å². The van der Waals surface area contributed by atoms with E-state index in [0.29, 0.717) is 12.1 Å². The number of aromatic amines is 1. The number of H-pyrrole nitrogens is 1. The third kappa shape index (κ3) is 3.46. The van der Waals surface area contributed by atoms with Crippen LogP contribution in [-0.4, -0.2) is 27.2 Å². The number of hydrogen-bond donors (Lipinski definition) is 3. The highest BCUT2D eigenvalue weighted by molar-refractivity contribution is 7.97. The lowest BCUT2D eigenvalue weighted by Gasteiger charge is -2.12. The Kier molecular flexibility index (Phi) is 4.36. The van der Waals surface area contributed by atoms with Crippen LogP contribution in [0, 0.1) is 13.8 Å². The highest BCUT2D eigenvalue weighted by atomic mass is 32.2. The molecule has 27 heavy (non-hydrogen) atoms. The van der Waals surface area contributed by atoms with Gasteiger partial charge in [-0.25, -0.2) is 4.98 Å². The summed E-state index contributed by atoms with van der Waals surface area (Å²) >= 11 is 1.71. The van der Waals surface area contributed by atoms with Gasteiger partial charge in [0.25, 0.3) is 0 Å². The molecule has 0 unspecified atom stereocenters. The molecule has 0 aliphatic heterocycles. The first-order chi connectivity index (χ1) is 13.2. The molecule has 6 nitrogen and oxygen atoms in total. The number of rotatable bonds is 6. The summed E-state index contributed by atoms with van der Waals surface area (Å²) in [7, 11) is 0. The number of imidazole rings is 1. The molecule has 3 N–H and O–H groups in total. The summed E-state index contributed by atoms with van der Waals surface area (Å²) in [6.45, 7) is 3.96. The van der Waals surface area contributed by atoms with Gasteiger partial charge in [0.2, 0.25) is 5.95 Å². The quantitative estimate of drug-likeness (QED) is 0.523. The standard InChI is InChI=1S/C20H25N5OS/c1-11-18(12(2)26-24-11)13-9-16-19(23-20(22-16)21-14-7-8-14)17(10-13)27-25-15-5-3-4-6-15/h9-10,14-15,25H,3-8H2,1-2H3,(H2,21,22,23). The number of fused-ring (bicyclic) bond motifs is 1. The van der Waals surface area contributed by atoms with Gasteiger partial charge in [0, 0.05) is 17.6 Å². The van der Waals surface area contributed by atoms with Crippen LogP contribution in [0.2, 0.25) is 0 Å². The number of aryl methyl sites for hydroxylation is 2. The first-order valence-corrected chi connectivity index (χ1v) is 10.6. The molecule has 2 fully saturated rings. The minimum absolute atomic E-state index is 0.570. The predicted molar refractivity (Wildman–Crippen MR) is 109 cm³/mol. The van der Waals surface area contributed by atoms with E-state index in [1.807, 2.05) is 13.8 Å². The highest BCUT2D eigenvalue weighted by Gasteiger charge is 2.23. The van der Waals surface area contributed by atoms with Crippen molar-refractivity contribution in [3.63, 3.8) is 0 Å². The van der Waals surface area contributed by atoms with E-state index < -0.39 is 0 Å². The second kappa shape index (κ2) is 6.87. The maximum Gasteiger partial charge on any atom is 0.201 e. The van der Waals surface area contributed by atoms with Gasteiger partial charge in [-0.3, -0.25) is 4.72 Å². The molecule has 2 saturated carbocycles. The lowest BCUT2D eigenvalue weighted by molar-refractivity contribution is 0.393. The first kappa shape index (κ1) is 17.1. The zero-order chi connectivity index (χ0) is 18.4. The van der Waals surface area contributed by atoms with Crippen molar-refractivity contribution in [2.75, 3.05) is 5.32 Å². The number of benzene rings is 1. The minimum atomic E-state index is 0.570. The van der Waals surface area contributed by atoms with Crippen molar-refractivity contribution in [2.45, 2.75) is 69.4 Å². The number of nitrogens with zero attached hydrogens (tertiary/aromatic N) is 2. The van der Waals surface area contributed by atoms with Crippen LogP contribution in [0.1, 0.15) is 50.0 Å². The van der Waals surface area contributed by atoms with Gasteiger partial charge >= 0.3 is 0 Å². The third-order valence-electron chi connectivity index (χ3n) is 5.48. The molecular weight excluding hydrogens is 358 g/mol. The summed E-state index contributed by atoms with van der Waals surface area (Å²) in [5, 5.41) is 7.61. The smallest absolute Gasteiger partial charge is 0.201 e. The normalized spacial score (nSPS) is 17.9. The van der Waals surface area contributed by atoms with E-state index in [0.717, 1.165) is 44.5 Å². The minimum Gasteiger partial charge on any atom is -0.361 e. The molecule has 0 atom stereocenters. The van der Waals surface area contributed by atoms with Crippen LogP contribution in [0.4, 0.5) is 5.95 Å². The Balaban J connectivity index is 1.54. The molecule has 142 valence electrons. The molecule has 2 aliphatic carbocycles. The summed E-state index contributed by atoms with van der Waals surface area (Å²) in [6, 6.07) is 5.53. The van der Waals surface area contributed by atoms with Crippen molar-refractivity contribution >= 4 is 28.9 Å². The lowest BCUT2D eigenvalue weighted by Crippen LogP contribution is -2.18. The molecule has 0 amide bonds. The second-order valence-electron chi connectivity index (χ2n) is 7.78.